The van der Waals surface area contributed by atoms with E-state index in [0.29, 0.717) is 5.69 Å². The van der Waals surface area contributed by atoms with Crippen LogP contribution in [0.2, 0.25) is 0 Å². The second-order valence-electron chi connectivity index (χ2n) is 4.36. The highest BCUT2D eigenvalue weighted by atomic mass is 19.2. The van der Waals surface area contributed by atoms with E-state index in [1.54, 1.807) is 18.2 Å². The first-order valence-electron chi connectivity index (χ1n) is 6.19. The maximum atomic E-state index is 13.6. The van der Waals surface area contributed by atoms with Crippen molar-refractivity contribution in [1.29, 1.82) is 5.41 Å². The molecule has 114 valence electrons. The standard InChI is InChI=1S/C15H11F4N3/c1-8-11(16)13(18)15(14(19)12(8)17)22-7-5-9(20)10-4-2-3-6-21-10/h2-7,20,22H,1H3/b7-5-,20-9?. The maximum absolute atomic E-state index is 13.6. The summed E-state index contributed by atoms with van der Waals surface area (Å²) >= 11 is 0. The summed E-state index contributed by atoms with van der Waals surface area (Å²) in [6.07, 6.45) is 3.65. The Bertz CT molecular complexity index is 713. The summed E-state index contributed by atoms with van der Waals surface area (Å²) in [6, 6.07) is 4.91. The lowest BCUT2D eigenvalue weighted by Gasteiger charge is -2.09. The minimum absolute atomic E-state index is 0.0398. The van der Waals surface area contributed by atoms with Gasteiger partial charge in [-0.3, -0.25) is 10.4 Å². The van der Waals surface area contributed by atoms with E-state index in [0.717, 1.165) is 19.2 Å². The fraction of sp³-hybridized carbons (Fsp3) is 0.0667. The van der Waals surface area contributed by atoms with Crippen molar-refractivity contribution in [2.45, 2.75) is 6.92 Å². The molecule has 0 radical (unpaired) electrons. The van der Waals surface area contributed by atoms with Crippen molar-refractivity contribution in [3.8, 4) is 0 Å². The molecule has 2 aromatic rings. The number of aromatic nitrogens is 1. The second-order valence-corrected chi connectivity index (χ2v) is 4.36. The van der Waals surface area contributed by atoms with E-state index in [9.17, 15) is 17.6 Å². The van der Waals surface area contributed by atoms with Gasteiger partial charge < -0.3 is 5.32 Å². The zero-order valence-corrected chi connectivity index (χ0v) is 11.4. The molecule has 7 heteroatoms. The largest absolute Gasteiger partial charge is 0.357 e. The van der Waals surface area contributed by atoms with Gasteiger partial charge in [-0.1, -0.05) is 6.07 Å². The average Bonchev–Trinajstić information content (AvgIpc) is 2.55. The fourth-order valence-electron chi connectivity index (χ4n) is 1.68. The third-order valence-corrected chi connectivity index (χ3v) is 2.90. The number of halogens is 4. The summed E-state index contributed by atoms with van der Waals surface area (Å²) < 4.78 is 54.0. The van der Waals surface area contributed by atoms with Gasteiger partial charge in [0.15, 0.2) is 23.3 Å². The number of pyridine rings is 1. The topological polar surface area (TPSA) is 48.8 Å². The molecular weight excluding hydrogens is 298 g/mol. The van der Waals surface area contributed by atoms with Crippen molar-refractivity contribution >= 4 is 11.4 Å². The highest BCUT2D eigenvalue weighted by Crippen LogP contribution is 2.27. The van der Waals surface area contributed by atoms with Crippen LogP contribution < -0.4 is 5.32 Å². The Kier molecular flexibility index (Phi) is 4.55. The summed E-state index contributed by atoms with van der Waals surface area (Å²) in [5.41, 5.74) is -1.39. The van der Waals surface area contributed by atoms with Crippen LogP contribution in [0.25, 0.3) is 0 Å². The van der Waals surface area contributed by atoms with Crippen molar-refractivity contribution in [3.05, 3.63) is 71.2 Å². The zero-order chi connectivity index (χ0) is 16.3. The van der Waals surface area contributed by atoms with Crippen LogP contribution in [0.1, 0.15) is 11.3 Å². The van der Waals surface area contributed by atoms with Crippen molar-refractivity contribution in [1.82, 2.24) is 4.98 Å². The number of rotatable bonds is 4. The van der Waals surface area contributed by atoms with Crippen molar-refractivity contribution in [3.63, 3.8) is 0 Å². The maximum Gasteiger partial charge on any atom is 0.185 e. The first-order valence-corrected chi connectivity index (χ1v) is 6.19. The van der Waals surface area contributed by atoms with Gasteiger partial charge in [0.2, 0.25) is 0 Å². The van der Waals surface area contributed by atoms with Gasteiger partial charge in [0.1, 0.15) is 5.69 Å². The van der Waals surface area contributed by atoms with Gasteiger partial charge in [-0.05, 0) is 25.1 Å². The Morgan fingerprint density at radius 2 is 1.73 bits per heavy atom. The molecule has 0 spiro atoms. The number of nitrogens with zero attached hydrogens (tertiary/aromatic N) is 1. The SMILES string of the molecule is Cc1c(F)c(F)c(N/C=C\C(=N)c2ccccn2)c(F)c1F. The molecule has 0 aliphatic carbocycles. The van der Waals surface area contributed by atoms with Gasteiger partial charge in [-0.15, -0.1) is 0 Å². The monoisotopic (exact) mass is 309 g/mol. The van der Waals surface area contributed by atoms with Crippen LogP contribution in [0.15, 0.2) is 36.7 Å². The first-order chi connectivity index (χ1) is 10.4. The number of hydrogen-bond acceptors (Lipinski definition) is 3. The van der Waals surface area contributed by atoms with E-state index in [2.05, 4.69) is 10.3 Å². The molecule has 1 heterocycles. The van der Waals surface area contributed by atoms with Gasteiger partial charge in [0.05, 0.1) is 11.4 Å². The van der Waals surface area contributed by atoms with Crippen molar-refractivity contribution in [2.75, 3.05) is 5.32 Å². The van der Waals surface area contributed by atoms with Crippen LogP contribution in [0.4, 0.5) is 23.2 Å². The van der Waals surface area contributed by atoms with Crippen LogP contribution in [0, 0.1) is 35.6 Å². The van der Waals surface area contributed by atoms with Crippen LogP contribution in [0.3, 0.4) is 0 Å². The summed E-state index contributed by atoms with van der Waals surface area (Å²) in [5.74, 6) is -5.97. The van der Waals surface area contributed by atoms with E-state index >= 15 is 0 Å². The highest BCUT2D eigenvalue weighted by Gasteiger charge is 2.22. The Labute approximate surface area is 123 Å². The molecule has 0 unspecified atom stereocenters. The highest BCUT2D eigenvalue weighted by molar-refractivity contribution is 6.05. The lowest BCUT2D eigenvalue weighted by atomic mass is 10.1. The van der Waals surface area contributed by atoms with Gasteiger partial charge in [0, 0.05) is 18.0 Å². The number of nitrogens with one attached hydrogen (secondary N) is 2. The van der Waals surface area contributed by atoms with E-state index in [1.807, 2.05) is 0 Å². The molecular formula is C15H11F4N3. The molecule has 1 aromatic heterocycles. The Morgan fingerprint density at radius 3 is 2.27 bits per heavy atom. The van der Waals surface area contributed by atoms with Gasteiger partial charge in [-0.2, -0.15) is 0 Å². The quantitative estimate of drug-likeness (QED) is 0.510. The van der Waals surface area contributed by atoms with Crippen molar-refractivity contribution in [2.24, 2.45) is 0 Å². The van der Waals surface area contributed by atoms with E-state index in [-0.39, 0.29) is 5.71 Å². The number of hydrogen-bond donors (Lipinski definition) is 2. The summed E-state index contributed by atoms with van der Waals surface area (Å²) in [4.78, 5) is 3.91. The molecule has 0 fully saturated rings. The van der Waals surface area contributed by atoms with Gasteiger partial charge in [-0.25, -0.2) is 17.6 Å². The molecule has 0 saturated heterocycles. The number of allylic oxidation sites excluding steroid dienone is 1. The van der Waals surface area contributed by atoms with Crippen LogP contribution >= 0.6 is 0 Å². The molecule has 2 N–H and O–H groups in total. The molecule has 1 aromatic carbocycles. The van der Waals surface area contributed by atoms with Gasteiger partial charge >= 0.3 is 0 Å². The molecule has 22 heavy (non-hydrogen) atoms. The zero-order valence-electron chi connectivity index (χ0n) is 11.4. The number of anilines is 1. The lowest BCUT2D eigenvalue weighted by molar-refractivity contribution is 0.450. The Balaban J connectivity index is 2.22. The second kappa shape index (κ2) is 6.38. The summed E-state index contributed by atoms with van der Waals surface area (Å²) in [6.45, 7) is 0.938. The van der Waals surface area contributed by atoms with E-state index in [1.165, 1.54) is 6.20 Å². The third kappa shape index (κ3) is 2.98. The average molecular weight is 309 g/mol. The molecule has 0 aliphatic heterocycles. The summed E-state index contributed by atoms with van der Waals surface area (Å²) in [7, 11) is 0. The molecule has 0 atom stereocenters. The molecule has 0 amide bonds. The number of benzene rings is 1. The molecule has 2 rings (SSSR count). The van der Waals surface area contributed by atoms with Crippen LogP contribution in [-0.4, -0.2) is 10.7 Å². The molecule has 0 saturated carbocycles. The first kappa shape index (κ1) is 15.7. The van der Waals surface area contributed by atoms with E-state index < -0.39 is 34.5 Å². The summed E-state index contributed by atoms with van der Waals surface area (Å²) in [5, 5.41) is 9.81. The van der Waals surface area contributed by atoms with E-state index in [4.69, 9.17) is 5.41 Å². The lowest BCUT2D eigenvalue weighted by Crippen LogP contribution is -2.06. The van der Waals surface area contributed by atoms with Crippen LogP contribution in [-0.2, 0) is 0 Å². The smallest absolute Gasteiger partial charge is 0.185 e. The molecule has 3 nitrogen and oxygen atoms in total. The Morgan fingerprint density at radius 1 is 1.09 bits per heavy atom. The van der Waals surface area contributed by atoms with Gasteiger partial charge in [0.25, 0.3) is 0 Å². The normalized spacial score (nSPS) is 11.0. The molecule has 0 aliphatic rings. The van der Waals surface area contributed by atoms with Crippen molar-refractivity contribution < 1.29 is 17.6 Å². The Hall–Kier alpha value is -2.70. The minimum atomic E-state index is -1.52. The minimum Gasteiger partial charge on any atom is -0.357 e. The fourth-order valence-corrected chi connectivity index (χ4v) is 1.68. The molecule has 0 bridgehead atoms. The predicted octanol–water partition coefficient (Wildman–Crippen LogP) is 3.94. The van der Waals surface area contributed by atoms with Crippen LogP contribution in [0.5, 0.6) is 0 Å². The predicted molar refractivity (Wildman–Crippen MR) is 74.8 cm³/mol. The third-order valence-electron chi connectivity index (χ3n) is 2.90.